The molecule has 3 aromatic carbocycles. The standard InChI is InChI=1S/C25H19Cl2NO5S/c26-17-5-1-15(2-6-17)21(29)14-34-24-23(16-3-11-20(12-4-16)33-13-22(30)31)28(25(24)32)19-9-7-18(27)8-10-19/h1-12,23-24H,13-14H2,(H,30,31)/t23-,24-/m1/s1. The molecule has 0 aliphatic carbocycles. The van der Waals surface area contributed by atoms with E-state index in [4.69, 9.17) is 33.0 Å². The van der Waals surface area contributed by atoms with Gasteiger partial charge in [0.2, 0.25) is 5.91 Å². The molecule has 0 bridgehead atoms. The van der Waals surface area contributed by atoms with Crippen molar-refractivity contribution >= 4 is 58.3 Å². The van der Waals surface area contributed by atoms with E-state index in [-0.39, 0.29) is 23.5 Å². The van der Waals surface area contributed by atoms with Crippen molar-refractivity contribution in [1.29, 1.82) is 0 Å². The molecular formula is C25H19Cl2NO5S. The van der Waals surface area contributed by atoms with Gasteiger partial charge in [0.15, 0.2) is 12.4 Å². The summed E-state index contributed by atoms with van der Waals surface area (Å²) >= 11 is 13.2. The molecule has 0 unspecified atom stereocenters. The topological polar surface area (TPSA) is 83.9 Å². The zero-order valence-corrected chi connectivity index (χ0v) is 20.0. The van der Waals surface area contributed by atoms with E-state index in [0.717, 1.165) is 5.56 Å². The van der Waals surface area contributed by atoms with Gasteiger partial charge in [0, 0.05) is 21.3 Å². The first-order valence-corrected chi connectivity index (χ1v) is 12.1. The van der Waals surface area contributed by atoms with E-state index in [1.54, 1.807) is 77.7 Å². The molecule has 0 saturated carbocycles. The van der Waals surface area contributed by atoms with E-state index in [9.17, 15) is 14.4 Å². The Morgan fingerprint density at radius 3 is 2.09 bits per heavy atom. The second kappa shape index (κ2) is 10.5. The molecule has 1 amide bonds. The third kappa shape index (κ3) is 5.38. The van der Waals surface area contributed by atoms with Crippen LogP contribution in [0, 0.1) is 0 Å². The fourth-order valence-corrected chi connectivity index (χ4v) is 5.10. The van der Waals surface area contributed by atoms with Crippen molar-refractivity contribution in [1.82, 2.24) is 0 Å². The summed E-state index contributed by atoms with van der Waals surface area (Å²) in [4.78, 5) is 38.2. The van der Waals surface area contributed by atoms with Crippen LogP contribution in [0.5, 0.6) is 5.75 Å². The summed E-state index contributed by atoms with van der Waals surface area (Å²) < 4.78 is 5.21. The van der Waals surface area contributed by atoms with Crippen LogP contribution in [0.3, 0.4) is 0 Å². The fourth-order valence-electron chi connectivity index (χ4n) is 3.63. The van der Waals surface area contributed by atoms with Crippen LogP contribution in [0.15, 0.2) is 72.8 Å². The third-order valence-corrected chi connectivity index (χ3v) is 7.05. The molecule has 4 rings (SSSR count). The van der Waals surface area contributed by atoms with Crippen molar-refractivity contribution in [2.45, 2.75) is 11.3 Å². The van der Waals surface area contributed by atoms with Gasteiger partial charge in [0.05, 0.1) is 11.8 Å². The summed E-state index contributed by atoms with van der Waals surface area (Å²) in [6.07, 6.45) is 0. The number of nitrogens with zero attached hydrogens (tertiary/aromatic N) is 1. The highest BCUT2D eigenvalue weighted by Gasteiger charge is 2.49. The van der Waals surface area contributed by atoms with E-state index in [1.165, 1.54) is 11.8 Å². The van der Waals surface area contributed by atoms with Crippen LogP contribution in [-0.4, -0.2) is 40.4 Å². The zero-order valence-electron chi connectivity index (χ0n) is 17.7. The van der Waals surface area contributed by atoms with Gasteiger partial charge in [-0.05, 0) is 66.2 Å². The summed E-state index contributed by atoms with van der Waals surface area (Å²) in [5, 5.41) is 9.44. The normalized spacial score (nSPS) is 17.2. The first-order chi connectivity index (χ1) is 16.3. The van der Waals surface area contributed by atoms with E-state index in [0.29, 0.717) is 27.0 Å². The SMILES string of the molecule is O=C(O)COc1ccc([C@@H]2[C@@H](SCC(=O)c3ccc(Cl)cc3)C(=O)N2c2ccc(Cl)cc2)cc1. The average molecular weight is 516 g/mol. The van der Waals surface area contributed by atoms with Crippen molar-refractivity contribution in [3.8, 4) is 5.75 Å². The lowest BCUT2D eigenvalue weighted by atomic mass is 9.92. The first kappa shape index (κ1) is 24.1. The van der Waals surface area contributed by atoms with Gasteiger partial charge in [-0.3, -0.25) is 9.59 Å². The molecule has 0 radical (unpaired) electrons. The Hall–Kier alpha value is -3.00. The van der Waals surface area contributed by atoms with Crippen LogP contribution in [0.4, 0.5) is 5.69 Å². The molecule has 1 N–H and O–H groups in total. The van der Waals surface area contributed by atoms with E-state index < -0.39 is 17.8 Å². The number of carboxylic acids is 1. The number of Topliss-reactive ketones (excluding diaryl/α,β-unsaturated/α-hetero) is 1. The molecule has 34 heavy (non-hydrogen) atoms. The number of amides is 1. The Kier molecular flexibility index (Phi) is 7.46. The van der Waals surface area contributed by atoms with Crippen LogP contribution >= 0.6 is 35.0 Å². The number of anilines is 1. The first-order valence-electron chi connectivity index (χ1n) is 10.3. The van der Waals surface area contributed by atoms with Crippen molar-refractivity contribution in [2.75, 3.05) is 17.3 Å². The predicted octanol–water partition coefficient (Wildman–Crippen LogP) is 5.53. The van der Waals surface area contributed by atoms with Gasteiger partial charge in [-0.25, -0.2) is 4.79 Å². The molecule has 1 heterocycles. The van der Waals surface area contributed by atoms with Crippen LogP contribution < -0.4 is 9.64 Å². The molecule has 1 saturated heterocycles. The molecule has 9 heteroatoms. The van der Waals surface area contributed by atoms with Gasteiger partial charge in [0.25, 0.3) is 0 Å². The smallest absolute Gasteiger partial charge is 0.341 e. The monoisotopic (exact) mass is 515 g/mol. The summed E-state index contributed by atoms with van der Waals surface area (Å²) in [6, 6.07) is 20.3. The van der Waals surface area contributed by atoms with Gasteiger partial charge in [0.1, 0.15) is 11.0 Å². The Morgan fingerprint density at radius 2 is 1.50 bits per heavy atom. The highest BCUT2D eigenvalue weighted by molar-refractivity contribution is 8.01. The van der Waals surface area contributed by atoms with Crippen LogP contribution in [0.2, 0.25) is 10.0 Å². The molecule has 1 aliphatic heterocycles. The minimum atomic E-state index is -1.07. The van der Waals surface area contributed by atoms with Crippen molar-refractivity contribution < 1.29 is 24.2 Å². The largest absolute Gasteiger partial charge is 0.482 e. The second-order valence-electron chi connectivity index (χ2n) is 7.54. The minimum absolute atomic E-state index is 0.0874. The highest BCUT2D eigenvalue weighted by atomic mass is 35.5. The van der Waals surface area contributed by atoms with Gasteiger partial charge < -0.3 is 14.7 Å². The molecule has 6 nitrogen and oxygen atoms in total. The number of hydrogen-bond donors (Lipinski definition) is 1. The molecule has 3 aromatic rings. The van der Waals surface area contributed by atoms with Gasteiger partial charge >= 0.3 is 5.97 Å². The number of ketones is 1. The average Bonchev–Trinajstić information content (AvgIpc) is 2.83. The summed E-state index contributed by atoms with van der Waals surface area (Å²) in [7, 11) is 0. The fraction of sp³-hybridized carbons (Fsp3) is 0.160. The lowest BCUT2D eigenvalue weighted by Gasteiger charge is -2.47. The van der Waals surface area contributed by atoms with Gasteiger partial charge in [-0.15, -0.1) is 11.8 Å². The number of halogens is 2. The van der Waals surface area contributed by atoms with E-state index >= 15 is 0 Å². The highest BCUT2D eigenvalue weighted by Crippen LogP contribution is 2.45. The lowest BCUT2D eigenvalue weighted by molar-refractivity contribution is -0.139. The minimum Gasteiger partial charge on any atom is -0.482 e. The van der Waals surface area contributed by atoms with Crippen LogP contribution in [0.1, 0.15) is 22.0 Å². The quantitative estimate of drug-likeness (QED) is 0.298. The van der Waals surface area contributed by atoms with Crippen LogP contribution in [-0.2, 0) is 9.59 Å². The van der Waals surface area contributed by atoms with E-state index in [2.05, 4.69) is 0 Å². The molecule has 0 spiro atoms. The molecule has 1 fully saturated rings. The number of β-lactam (4-membered cyclic amide) rings is 1. The second-order valence-corrected chi connectivity index (χ2v) is 9.55. The van der Waals surface area contributed by atoms with Crippen molar-refractivity contribution in [3.63, 3.8) is 0 Å². The number of benzene rings is 3. The number of rotatable bonds is 9. The zero-order chi connectivity index (χ0) is 24.2. The number of aliphatic carboxylic acids is 1. The number of carbonyl (C=O) groups is 3. The number of hydrogen-bond acceptors (Lipinski definition) is 5. The third-order valence-electron chi connectivity index (χ3n) is 5.29. The predicted molar refractivity (Wildman–Crippen MR) is 133 cm³/mol. The number of thioether (sulfide) groups is 1. The molecule has 1 aliphatic rings. The maximum absolute atomic E-state index is 13.1. The Bertz CT molecular complexity index is 1200. The van der Waals surface area contributed by atoms with Crippen LogP contribution in [0.25, 0.3) is 0 Å². The Labute approximate surface area is 210 Å². The molecule has 174 valence electrons. The summed E-state index contributed by atoms with van der Waals surface area (Å²) in [5.74, 6) is -0.702. The maximum atomic E-state index is 13.1. The van der Waals surface area contributed by atoms with Crippen molar-refractivity contribution in [2.24, 2.45) is 0 Å². The Morgan fingerprint density at radius 1 is 0.912 bits per heavy atom. The van der Waals surface area contributed by atoms with E-state index in [1.807, 2.05) is 0 Å². The maximum Gasteiger partial charge on any atom is 0.341 e. The van der Waals surface area contributed by atoms with Gasteiger partial charge in [-0.2, -0.15) is 0 Å². The molecular weight excluding hydrogens is 497 g/mol. The van der Waals surface area contributed by atoms with Crippen molar-refractivity contribution in [3.05, 3.63) is 94.0 Å². The summed E-state index contributed by atoms with van der Waals surface area (Å²) in [6.45, 7) is -0.441. The number of carboxylic acid groups (broad SMARTS) is 1. The molecule has 2 atom stereocenters. The summed E-state index contributed by atoms with van der Waals surface area (Å²) in [5.41, 5.74) is 2.08. The molecule has 0 aromatic heterocycles. The van der Waals surface area contributed by atoms with Gasteiger partial charge in [-0.1, -0.05) is 35.3 Å². The number of ether oxygens (including phenoxy) is 1. The Balaban J connectivity index is 1.54. The number of carbonyl (C=O) groups excluding carboxylic acids is 2. The lowest BCUT2D eigenvalue weighted by Crippen LogP contribution is -2.57.